The molecule has 0 aliphatic rings. The molecule has 1 heterocycles. The van der Waals surface area contributed by atoms with E-state index in [-0.39, 0.29) is 0 Å². The van der Waals surface area contributed by atoms with E-state index in [1.165, 1.54) is 5.56 Å². The van der Waals surface area contributed by atoms with Crippen LogP contribution in [-0.4, -0.2) is 17.3 Å². The van der Waals surface area contributed by atoms with E-state index in [4.69, 9.17) is 16.4 Å². The number of oxime groups is 1. The van der Waals surface area contributed by atoms with E-state index >= 15 is 0 Å². The lowest BCUT2D eigenvalue weighted by Gasteiger charge is -2.06. The lowest BCUT2D eigenvalue weighted by Crippen LogP contribution is -2.06. The molecular weight excluding hydrogens is 260 g/mol. The zero-order valence-electron chi connectivity index (χ0n) is 10.9. The van der Waals surface area contributed by atoms with Crippen molar-refractivity contribution in [3.8, 4) is 0 Å². The van der Waals surface area contributed by atoms with Gasteiger partial charge in [0.2, 0.25) is 0 Å². The SMILES string of the molecule is CCON=C(c1ccc(C)cc1)c1ccc(Cl)cn1. The summed E-state index contributed by atoms with van der Waals surface area (Å²) in [6, 6.07) is 11.7. The number of benzene rings is 1. The average Bonchev–Trinajstić information content (AvgIpc) is 2.43. The number of aromatic nitrogens is 1. The molecule has 0 unspecified atom stereocenters. The smallest absolute Gasteiger partial charge is 0.135 e. The second-order valence-electron chi connectivity index (χ2n) is 4.09. The zero-order chi connectivity index (χ0) is 13.7. The molecule has 0 N–H and O–H groups in total. The molecule has 98 valence electrons. The van der Waals surface area contributed by atoms with Crippen LogP contribution in [0, 0.1) is 6.92 Å². The highest BCUT2D eigenvalue weighted by atomic mass is 35.5. The van der Waals surface area contributed by atoms with E-state index in [2.05, 4.69) is 10.1 Å². The van der Waals surface area contributed by atoms with Crippen molar-refractivity contribution in [1.29, 1.82) is 0 Å². The molecule has 0 atom stereocenters. The van der Waals surface area contributed by atoms with Gasteiger partial charge in [-0.2, -0.15) is 0 Å². The Labute approximate surface area is 117 Å². The molecule has 0 radical (unpaired) electrons. The van der Waals surface area contributed by atoms with Crippen LogP contribution in [0.1, 0.15) is 23.7 Å². The topological polar surface area (TPSA) is 34.5 Å². The predicted octanol–water partition coefficient (Wildman–Crippen LogP) is 3.83. The molecule has 0 aliphatic carbocycles. The highest BCUT2D eigenvalue weighted by Gasteiger charge is 2.09. The van der Waals surface area contributed by atoms with Crippen LogP contribution in [0.2, 0.25) is 5.02 Å². The van der Waals surface area contributed by atoms with Crippen molar-refractivity contribution in [2.24, 2.45) is 5.16 Å². The van der Waals surface area contributed by atoms with Crippen molar-refractivity contribution in [1.82, 2.24) is 4.98 Å². The predicted molar refractivity (Wildman–Crippen MR) is 77.7 cm³/mol. The van der Waals surface area contributed by atoms with E-state index in [1.807, 2.05) is 44.2 Å². The summed E-state index contributed by atoms with van der Waals surface area (Å²) in [7, 11) is 0. The van der Waals surface area contributed by atoms with Gasteiger partial charge in [0.15, 0.2) is 0 Å². The highest BCUT2D eigenvalue weighted by molar-refractivity contribution is 6.30. The summed E-state index contributed by atoms with van der Waals surface area (Å²) < 4.78 is 0. The number of halogens is 1. The first-order valence-electron chi connectivity index (χ1n) is 6.09. The van der Waals surface area contributed by atoms with Crippen molar-refractivity contribution in [2.75, 3.05) is 6.61 Å². The van der Waals surface area contributed by atoms with Gasteiger partial charge in [-0.25, -0.2) is 0 Å². The van der Waals surface area contributed by atoms with Crippen LogP contribution in [-0.2, 0) is 4.84 Å². The summed E-state index contributed by atoms with van der Waals surface area (Å²) in [5.41, 5.74) is 3.61. The molecule has 0 bridgehead atoms. The zero-order valence-corrected chi connectivity index (χ0v) is 11.7. The molecule has 1 aromatic carbocycles. The third kappa shape index (κ3) is 3.55. The third-order valence-electron chi connectivity index (χ3n) is 2.58. The summed E-state index contributed by atoms with van der Waals surface area (Å²) in [6.45, 7) is 4.46. The van der Waals surface area contributed by atoms with E-state index in [0.717, 1.165) is 11.3 Å². The molecule has 3 nitrogen and oxygen atoms in total. The van der Waals surface area contributed by atoms with E-state index in [1.54, 1.807) is 12.3 Å². The lowest BCUT2D eigenvalue weighted by molar-refractivity contribution is 0.159. The van der Waals surface area contributed by atoms with Crippen molar-refractivity contribution in [2.45, 2.75) is 13.8 Å². The number of hydrogen-bond acceptors (Lipinski definition) is 3. The first-order valence-corrected chi connectivity index (χ1v) is 6.47. The van der Waals surface area contributed by atoms with Crippen LogP contribution in [0.3, 0.4) is 0 Å². The van der Waals surface area contributed by atoms with Crippen LogP contribution in [0.5, 0.6) is 0 Å². The van der Waals surface area contributed by atoms with Crippen LogP contribution in [0.25, 0.3) is 0 Å². The minimum Gasteiger partial charge on any atom is -0.396 e. The monoisotopic (exact) mass is 274 g/mol. The minimum atomic E-state index is 0.517. The number of rotatable bonds is 4. The Kier molecular flexibility index (Phi) is 4.53. The number of pyridine rings is 1. The Bertz CT molecular complexity index is 514. The van der Waals surface area contributed by atoms with Crippen molar-refractivity contribution in [3.63, 3.8) is 0 Å². The van der Waals surface area contributed by atoms with Gasteiger partial charge < -0.3 is 4.84 Å². The van der Waals surface area contributed by atoms with Gasteiger partial charge in [0.1, 0.15) is 12.3 Å². The summed E-state index contributed by atoms with van der Waals surface area (Å²) >= 11 is 5.85. The minimum absolute atomic E-state index is 0.517. The van der Waals surface area contributed by atoms with Gasteiger partial charge in [0.05, 0.1) is 10.7 Å². The van der Waals surface area contributed by atoms with Crippen molar-refractivity contribution in [3.05, 3.63) is 64.4 Å². The normalized spacial score (nSPS) is 11.4. The molecule has 0 saturated heterocycles. The number of aryl methyl sites for hydroxylation is 1. The Morgan fingerprint density at radius 3 is 2.53 bits per heavy atom. The van der Waals surface area contributed by atoms with E-state index < -0.39 is 0 Å². The molecular formula is C15H15ClN2O. The van der Waals surface area contributed by atoms with E-state index in [0.29, 0.717) is 17.3 Å². The molecule has 1 aromatic heterocycles. The Hall–Kier alpha value is -1.87. The fourth-order valence-corrected chi connectivity index (χ4v) is 1.72. The molecule has 0 aliphatic heterocycles. The summed E-state index contributed by atoms with van der Waals surface area (Å²) in [4.78, 5) is 9.47. The largest absolute Gasteiger partial charge is 0.396 e. The van der Waals surface area contributed by atoms with Gasteiger partial charge in [0.25, 0.3) is 0 Å². The molecule has 0 fully saturated rings. The highest BCUT2D eigenvalue weighted by Crippen LogP contribution is 2.13. The van der Waals surface area contributed by atoms with Gasteiger partial charge in [0, 0.05) is 11.8 Å². The molecule has 0 amide bonds. The lowest BCUT2D eigenvalue weighted by atomic mass is 10.1. The molecule has 2 aromatic rings. The van der Waals surface area contributed by atoms with E-state index in [9.17, 15) is 0 Å². The molecule has 4 heteroatoms. The Balaban J connectivity index is 2.41. The average molecular weight is 275 g/mol. The fraction of sp³-hybridized carbons (Fsp3) is 0.200. The van der Waals surface area contributed by atoms with Crippen molar-refractivity contribution >= 4 is 17.3 Å². The van der Waals surface area contributed by atoms with Gasteiger partial charge in [-0.05, 0) is 26.0 Å². The van der Waals surface area contributed by atoms with Crippen LogP contribution < -0.4 is 0 Å². The second kappa shape index (κ2) is 6.34. The van der Waals surface area contributed by atoms with Gasteiger partial charge >= 0.3 is 0 Å². The standard InChI is InChI=1S/C15H15ClN2O/c1-3-19-18-15(12-6-4-11(2)5-7-12)14-9-8-13(16)10-17-14/h4-10H,3H2,1-2H3. The number of nitrogens with zero attached hydrogens (tertiary/aromatic N) is 2. The summed E-state index contributed by atoms with van der Waals surface area (Å²) in [5, 5.41) is 4.75. The molecule has 0 saturated carbocycles. The van der Waals surface area contributed by atoms with Crippen LogP contribution >= 0.6 is 11.6 Å². The quantitative estimate of drug-likeness (QED) is 0.627. The summed E-state index contributed by atoms with van der Waals surface area (Å²) in [6.07, 6.45) is 1.60. The molecule has 2 rings (SSSR count). The van der Waals surface area contributed by atoms with Gasteiger partial charge in [-0.3, -0.25) is 4.98 Å². The maximum absolute atomic E-state index is 5.85. The maximum Gasteiger partial charge on any atom is 0.135 e. The first-order chi connectivity index (χ1) is 9.20. The molecule has 0 spiro atoms. The van der Waals surface area contributed by atoms with Gasteiger partial charge in [-0.1, -0.05) is 46.6 Å². The van der Waals surface area contributed by atoms with Gasteiger partial charge in [-0.15, -0.1) is 0 Å². The maximum atomic E-state index is 5.85. The Morgan fingerprint density at radius 1 is 1.21 bits per heavy atom. The van der Waals surface area contributed by atoms with Crippen LogP contribution in [0.4, 0.5) is 0 Å². The van der Waals surface area contributed by atoms with Crippen LogP contribution in [0.15, 0.2) is 47.8 Å². The summed E-state index contributed by atoms with van der Waals surface area (Å²) in [5.74, 6) is 0. The molecule has 19 heavy (non-hydrogen) atoms. The second-order valence-corrected chi connectivity index (χ2v) is 4.52. The Morgan fingerprint density at radius 2 is 1.95 bits per heavy atom. The third-order valence-corrected chi connectivity index (χ3v) is 2.80. The first kappa shape index (κ1) is 13.6. The fourth-order valence-electron chi connectivity index (χ4n) is 1.60. The van der Waals surface area contributed by atoms with Crippen molar-refractivity contribution < 1.29 is 4.84 Å². The number of hydrogen-bond donors (Lipinski definition) is 0.